The third-order valence-electron chi connectivity index (χ3n) is 5.56. The third-order valence-corrected chi connectivity index (χ3v) is 5.56. The van der Waals surface area contributed by atoms with Crippen molar-refractivity contribution in [2.45, 2.75) is 53.2 Å². The molecular formula is C24H32N6O2. The molecule has 4 heterocycles. The summed E-state index contributed by atoms with van der Waals surface area (Å²) in [7, 11) is 0. The van der Waals surface area contributed by atoms with Crippen LogP contribution < -0.4 is 4.90 Å². The fraction of sp³-hybridized carbons (Fsp3) is 0.500. The summed E-state index contributed by atoms with van der Waals surface area (Å²) in [6.45, 7) is 14.6. The first-order chi connectivity index (χ1) is 15.1. The molecule has 32 heavy (non-hydrogen) atoms. The molecule has 8 nitrogen and oxygen atoms in total. The van der Waals surface area contributed by atoms with Crippen molar-refractivity contribution in [3.05, 3.63) is 36.2 Å². The lowest BCUT2D eigenvalue weighted by molar-refractivity contribution is 0.0240. The van der Waals surface area contributed by atoms with Gasteiger partial charge in [0.2, 0.25) is 0 Å². The van der Waals surface area contributed by atoms with Crippen LogP contribution in [0.1, 0.15) is 46.2 Å². The largest absolute Gasteiger partial charge is 0.444 e. The van der Waals surface area contributed by atoms with E-state index in [2.05, 4.69) is 47.9 Å². The second-order valence-electron chi connectivity index (χ2n) is 9.60. The molecule has 4 rings (SSSR count). The zero-order valence-corrected chi connectivity index (χ0v) is 19.8. The fourth-order valence-corrected chi connectivity index (χ4v) is 3.90. The van der Waals surface area contributed by atoms with Gasteiger partial charge in [0.1, 0.15) is 11.4 Å². The quantitative estimate of drug-likeness (QED) is 0.604. The molecule has 1 saturated heterocycles. The van der Waals surface area contributed by atoms with Crippen molar-refractivity contribution in [1.82, 2.24) is 24.6 Å². The van der Waals surface area contributed by atoms with Crippen LogP contribution in [0.3, 0.4) is 0 Å². The van der Waals surface area contributed by atoms with Gasteiger partial charge in [0.05, 0.1) is 11.9 Å². The van der Waals surface area contributed by atoms with Gasteiger partial charge in [0.25, 0.3) is 0 Å². The van der Waals surface area contributed by atoms with Crippen LogP contribution in [-0.4, -0.2) is 62.5 Å². The molecule has 0 atom stereocenters. The number of pyridine rings is 2. The first-order valence-electron chi connectivity index (χ1n) is 11.2. The summed E-state index contributed by atoms with van der Waals surface area (Å²) >= 11 is 0. The van der Waals surface area contributed by atoms with Gasteiger partial charge >= 0.3 is 6.09 Å². The van der Waals surface area contributed by atoms with Gasteiger partial charge in [-0.05, 0) is 65.3 Å². The number of nitrogens with zero attached hydrogens (tertiary/aromatic N) is 6. The summed E-state index contributed by atoms with van der Waals surface area (Å²) < 4.78 is 7.46. The van der Waals surface area contributed by atoms with Crippen molar-refractivity contribution < 1.29 is 9.53 Å². The first-order valence-corrected chi connectivity index (χ1v) is 11.2. The maximum absolute atomic E-state index is 12.3. The van der Waals surface area contributed by atoms with E-state index < -0.39 is 5.60 Å². The highest BCUT2D eigenvalue weighted by Gasteiger charge is 2.26. The normalized spacial score (nSPS) is 15.0. The van der Waals surface area contributed by atoms with Crippen LogP contribution in [0.4, 0.5) is 10.6 Å². The number of ether oxygens (including phenoxy) is 1. The number of aromatic nitrogens is 4. The molecule has 3 aromatic heterocycles. The SMILES string of the molecule is Cc1cc(-c2ccnc(N3CCN(C(=O)OC(C)(C)C)CC3)c2)nc2c1cnn2C(C)C. The lowest BCUT2D eigenvalue weighted by atomic mass is 10.1. The Morgan fingerprint density at radius 1 is 1.12 bits per heavy atom. The monoisotopic (exact) mass is 436 g/mol. The number of hydrogen-bond donors (Lipinski definition) is 0. The van der Waals surface area contributed by atoms with Crippen molar-refractivity contribution in [3.63, 3.8) is 0 Å². The van der Waals surface area contributed by atoms with Gasteiger partial charge in [0.15, 0.2) is 5.65 Å². The zero-order valence-electron chi connectivity index (χ0n) is 19.8. The Bertz CT molecular complexity index is 1120. The lowest BCUT2D eigenvalue weighted by Gasteiger charge is -2.36. The van der Waals surface area contributed by atoms with E-state index in [9.17, 15) is 4.79 Å². The molecule has 0 aliphatic carbocycles. The number of aryl methyl sites for hydroxylation is 1. The van der Waals surface area contributed by atoms with Gasteiger partial charge in [-0.25, -0.2) is 19.4 Å². The molecule has 0 bridgehead atoms. The molecule has 1 amide bonds. The van der Waals surface area contributed by atoms with Crippen LogP contribution in [-0.2, 0) is 4.74 Å². The zero-order chi connectivity index (χ0) is 23.0. The summed E-state index contributed by atoms with van der Waals surface area (Å²) in [4.78, 5) is 25.8. The number of hydrogen-bond acceptors (Lipinski definition) is 6. The van der Waals surface area contributed by atoms with Crippen LogP contribution in [0.25, 0.3) is 22.3 Å². The van der Waals surface area contributed by atoms with Crippen molar-refractivity contribution in [1.29, 1.82) is 0 Å². The van der Waals surface area contributed by atoms with Crippen LogP contribution in [0, 0.1) is 6.92 Å². The summed E-state index contributed by atoms with van der Waals surface area (Å²) in [5.74, 6) is 0.892. The molecule has 170 valence electrons. The minimum Gasteiger partial charge on any atom is -0.444 e. The summed E-state index contributed by atoms with van der Waals surface area (Å²) in [5, 5.41) is 5.59. The number of anilines is 1. The fourth-order valence-electron chi connectivity index (χ4n) is 3.90. The Morgan fingerprint density at radius 3 is 2.50 bits per heavy atom. The van der Waals surface area contributed by atoms with Gasteiger partial charge in [-0.15, -0.1) is 0 Å². The topological polar surface area (TPSA) is 76.4 Å². The van der Waals surface area contributed by atoms with Crippen LogP contribution >= 0.6 is 0 Å². The number of carbonyl (C=O) groups is 1. The van der Waals surface area contributed by atoms with Crippen LogP contribution in [0.15, 0.2) is 30.6 Å². The Morgan fingerprint density at radius 2 is 1.84 bits per heavy atom. The molecule has 0 spiro atoms. The molecule has 0 radical (unpaired) electrons. The third kappa shape index (κ3) is 4.54. The van der Waals surface area contributed by atoms with Crippen LogP contribution in [0.2, 0.25) is 0 Å². The second kappa shape index (κ2) is 8.41. The highest BCUT2D eigenvalue weighted by molar-refractivity contribution is 5.82. The molecule has 0 saturated carbocycles. The molecule has 0 aromatic carbocycles. The van der Waals surface area contributed by atoms with E-state index in [0.717, 1.165) is 33.7 Å². The predicted octanol–water partition coefficient (Wildman–Crippen LogP) is 4.44. The minimum atomic E-state index is -0.485. The molecule has 0 N–H and O–H groups in total. The van der Waals surface area contributed by atoms with E-state index in [1.165, 1.54) is 0 Å². The molecule has 1 aliphatic heterocycles. The van der Waals surface area contributed by atoms with E-state index >= 15 is 0 Å². The number of carbonyl (C=O) groups excluding carboxylic acids is 1. The van der Waals surface area contributed by atoms with Crippen LogP contribution in [0.5, 0.6) is 0 Å². The first kappa shape index (κ1) is 22.0. The molecular weight excluding hydrogens is 404 g/mol. The highest BCUT2D eigenvalue weighted by Crippen LogP contribution is 2.27. The van der Waals surface area contributed by atoms with Gasteiger partial charge in [-0.1, -0.05) is 0 Å². The van der Waals surface area contributed by atoms with Crippen molar-refractivity contribution in [3.8, 4) is 11.3 Å². The van der Waals surface area contributed by atoms with Gasteiger partial charge in [0, 0.05) is 49.4 Å². The Hall–Kier alpha value is -3.16. The number of rotatable bonds is 3. The molecule has 8 heteroatoms. The second-order valence-corrected chi connectivity index (χ2v) is 9.60. The summed E-state index contributed by atoms with van der Waals surface area (Å²) in [6.07, 6.45) is 3.46. The standard InChI is InChI=1S/C24H32N6O2/c1-16(2)30-22-19(15-26-30)17(3)13-20(27-22)18-7-8-25-21(14-18)28-9-11-29(12-10-28)23(31)32-24(4,5)6/h7-8,13-16H,9-12H2,1-6H3. The number of piperazine rings is 1. The lowest BCUT2D eigenvalue weighted by Crippen LogP contribution is -2.50. The summed E-state index contributed by atoms with van der Waals surface area (Å²) in [6, 6.07) is 6.41. The van der Waals surface area contributed by atoms with E-state index in [-0.39, 0.29) is 12.1 Å². The van der Waals surface area contributed by atoms with Crippen molar-refractivity contribution >= 4 is 22.9 Å². The Balaban J connectivity index is 1.54. The van der Waals surface area contributed by atoms with E-state index in [0.29, 0.717) is 26.2 Å². The smallest absolute Gasteiger partial charge is 0.410 e. The predicted molar refractivity (Wildman–Crippen MR) is 126 cm³/mol. The molecule has 0 unspecified atom stereocenters. The number of amides is 1. The minimum absolute atomic E-state index is 0.240. The van der Waals surface area contributed by atoms with E-state index in [4.69, 9.17) is 9.72 Å². The average molecular weight is 437 g/mol. The molecule has 1 fully saturated rings. The maximum Gasteiger partial charge on any atom is 0.410 e. The van der Waals surface area contributed by atoms with Crippen molar-refractivity contribution in [2.24, 2.45) is 0 Å². The Labute approximate surface area is 189 Å². The highest BCUT2D eigenvalue weighted by atomic mass is 16.6. The van der Waals surface area contributed by atoms with Gasteiger partial charge in [-0.2, -0.15) is 5.10 Å². The number of fused-ring (bicyclic) bond motifs is 1. The molecule has 1 aliphatic rings. The maximum atomic E-state index is 12.3. The summed E-state index contributed by atoms with van der Waals surface area (Å²) in [5.41, 5.74) is 3.50. The van der Waals surface area contributed by atoms with Gasteiger partial charge < -0.3 is 14.5 Å². The average Bonchev–Trinajstić information content (AvgIpc) is 3.18. The van der Waals surface area contributed by atoms with E-state index in [1.807, 2.05) is 43.9 Å². The Kier molecular flexibility index (Phi) is 5.79. The molecule has 3 aromatic rings. The van der Waals surface area contributed by atoms with Gasteiger partial charge in [-0.3, -0.25) is 0 Å². The van der Waals surface area contributed by atoms with E-state index in [1.54, 1.807) is 4.90 Å². The van der Waals surface area contributed by atoms with Crippen molar-refractivity contribution in [2.75, 3.05) is 31.1 Å².